The van der Waals surface area contributed by atoms with Gasteiger partial charge in [0.05, 0.1) is 6.04 Å². The van der Waals surface area contributed by atoms with E-state index in [1.807, 2.05) is 54.6 Å². The Morgan fingerprint density at radius 2 is 1.56 bits per heavy atom. The average Bonchev–Trinajstić information content (AvgIpc) is 2.69. The van der Waals surface area contributed by atoms with E-state index < -0.39 is 6.04 Å². The van der Waals surface area contributed by atoms with Crippen LogP contribution in [0.1, 0.15) is 15.9 Å². The van der Waals surface area contributed by atoms with Gasteiger partial charge in [-0.2, -0.15) is 0 Å². The Labute approximate surface area is 146 Å². The van der Waals surface area contributed by atoms with Crippen molar-refractivity contribution in [3.63, 3.8) is 0 Å². The summed E-state index contributed by atoms with van der Waals surface area (Å²) >= 11 is 0. The molecule has 0 fully saturated rings. The lowest BCUT2D eigenvalue weighted by atomic mass is 10.0. The molecule has 124 valence electrons. The molecule has 1 amide bonds. The van der Waals surface area contributed by atoms with E-state index in [2.05, 4.69) is 10.3 Å². The molecule has 4 heteroatoms. The summed E-state index contributed by atoms with van der Waals surface area (Å²) in [5.41, 5.74) is 3.58. The zero-order valence-corrected chi connectivity index (χ0v) is 13.6. The number of amides is 1. The molecule has 1 unspecified atom stereocenters. The molecule has 1 N–H and O–H groups in total. The topological polar surface area (TPSA) is 59.1 Å². The molecule has 2 aromatic carbocycles. The lowest BCUT2D eigenvalue weighted by Crippen LogP contribution is -2.37. The van der Waals surface area contributed by atoms with Crippen molar-refractivity contribution < 1.29 is 9.59 Å². The molecule has 0 bridgehead atoms. The molecule has 25 heavy (non-hydrogen) atoms. The highest BCUT2D eigenvalue weighted by molar-refractivity contribution is 5.96. The second-order valence-electron chi connectivity index (χ2n) is 5.72. The van der Waals surface area contributed by atoms with Crippen LogP contribution >= 0.6 is 0 Å². The molecule has 3 aromatic rings. The molecule has 3 rings (SSSR count). The van der Waals surface area contributed by atoms with Crippen molar-refractivity contribution in [2.45, 2.75) is 12.5 Å². The second kappa shape index (κ2) is 8.02. The summed E-state index contributed by atoms with van der Waals surface area (Å²) in [4.78, 5) is 27.7. The van der Waals surface area contributed by atoms with Gasteiger partial charge in [-0.05, 0) is 47.4 Å². The van der Waals surface area contributed by atoms with Gasteiger partial charge in [0.1, 0.15) is 6.29 Å². The van der Waals surface area contributed by atoms with Crippen molar-refractivity contribution >= 4 is 12.2 Å². The minimum absolute atomic E-state index is 0.255. The predicted octanol–water partition coefficient (Wildman–Crippen LogP) is 3.29. The molecule has 4 nitrogen and oxygen atoms in total. The molecule has 0 radical (unpaired) electrons. The molecule has 0 aliphatic rings. The number of aromatic nitrogens is 1. The zero-order chi connectivity index (χ0) is 17.5. The molecule has 1 atom stereocenters. The molecule has 0 aliphatic heterocycles. The number of carbonyl (C=O) groups is 2. The molecule has 0 saturated carbocycles. The van der Waals surface area contributed by atoms with Gasteiger partial charge in [0, 0.05) is 18.0 Å². The van der Waals surface area contributed by atoms with Gasteiger partial charge in [-0.3, -0.25) is 9.78 Å². The summed E-state index contributed by atoms with van der Waals surface area (Å²) in [6, 6.07) is 20.2. The largest absolute Gasteiger partial charge is 0.342 e. The molecule has 1 heterocycles. The third kappa shape index (κ3) is 4.38. The smallest absolute Gasteiger partial charge is 0.251 e. The van der Waals surface area contributed by atoms with E-state index in [9.17, 15) is 9.59 Å². The molecular formula is C21H18N2O2. The number of pyridine rings is 1. The van der Waals surface area contributed by atoms with Crippen molar-refractivity contribution in [3.8, 4) is 11.1 Å². The quantitative estimate of drug-likeness (QED) is 0.706. The first-order valence-electron chi connectivity index (χ1n) is 8.07. The Morgan fingerprint density at radius 1 is 0.920 bits per heavy atom. The maximum Gasteiger partial charge on any atom is 0.251 e. The van der Waals surface area contributed by atoms with E-state index in [-0.39, 0.29) is 5.91 Å². The van der Waals surface area contributed by atoms with Crippen LogP contribution in [-0.2, 0) is 11.2 Å². The molecule has 0 aliphatic carbocycles. The van der Waals surface area contributed by atoms with E-state index in [0.29, 0.717) is 12.0 Å². The minimum atomic E-state index is -0.547. The van der Waals surface area contributed by atoms with E-state index in [0.717, 1.165) is 23.0 Å². The number of aldehydes is 1. The fourth-order valence-electron chi connectivity index (χ4n) is 2.61. The summed E-state index contributed by atoms with van der Waals surface area (Å²) in [6.45, 7) is 0. The Balaban J connectivity index is 1.67. The predicted molar refractivity (Wildman–Crippen MR) is 97.1 cm³/mol. The van der Waals surface area contributed by atoms with Gasteiger partial charge in [0.25, 0.3) is 5.91 Å². The van der Waals surface area contributed by atoms with Crippen LogP contribution in [0.4, 0.5) is 0 Å². The number of hydrogen-bond acceptors (Lipinski definition) is 3. The van der Waals surface area contributed by atoms with E-state index in [1.54, 1.807) is 24.5 Å². The van der Waals surface area contributed by atoms with Gasteiger partial charge >= 0.3 is 0 Å². The normalized spacial score (nSPS) is 11.5. The Hall–Kier alpha value is -3.27. The maximum absolute atomic E-state index is 12.4. The summed E-state index contributed by atoms with van der Waals surface area (Å²) in [5.74, 6) is -0.255. The van der Waals surface area contributed by atoms with E-state index in [1.165, 1.54) is 0 Å². The highest BCUT2D eigenvalue weighted by atomic mass is 16.2. The molecule has 1 aromatic heterocycles. The van der Waals surface area contributed by atoms with Crippen LogP contribution in [0.3, 0.4) is 0 Å². The van der Waals surface area contributed by atoms with Gasteiger partial charge in [-0.25, -0.2) is 0 Å². The SMILES string of the molecule is O=CC(Cc1ccccc1)NC(=O)c1ccc(-c2ccncc2)cc1. The molecule has 0 spiro atoms. The van der Waals surface area contributed by atoms with Crippen LogP contribution < -0.4 is 5.32 Å². The van der Waals surface area contributed by atoms with Crippen molar-refractivity contribution in [2.75, 3.05) is 0 Å². The highest BCUT2D eigenvalue weighted by Gasteiger charge is 2.13. The van der Waals surface area contributed by atoms with Crippen molar-refractivity contribution in [2.24, 2.45) is 0 Å². The van der Waals surface area contributed by atoms with Crippen LogP contribution in [0.5, 0.6) is 0 Å². The van der Waals surface area contributed by atoms with Gasteiger partial charge in [-0.15, -0.1) is 0 Å². The standard InChI is InChI=1S/C21H18N2O2/c24-15-20(14-16-4-2-1-3-5-16)23-21(25)19-8-6-17(7-9-19)18-10-12-22-13-11-18/h1-13,15,20H,14H2,(H,23,25). The fourth-order valence-corrected chi connectivity index (χ4v) is 2.61. The summed E-state index contributed by atoms with van der Waals surface area (Å²) in [7, 11) is 0. The first kappa shape index (κ1) is 16.6. The monoisotopic (exact) mass is 330 g/mol. The van der Waals surface area contributed by atoms with E-state index in [4.69, 9.17) is 0 Å². The first-order chi connectivity index (χ1) is 12.3. The average molecular weight is 330 g/mol. The zero-order valence-electron chi connectivity index (χ0n) is 13.6. The number of rotatable bonds is 6. The third-order valence-electron chi connectivity index (χ3n) is 3.94. The lowest BCUT2D eigenvalue weighted by molar-refractivity contribution is -0.109. The first-order valence-corrected chi connectivity index (χ1v) is 8.07. The van der Waals surface area contributed by atoms with Crippen molar-refractivity contribution in [1.82, 2.24) is 10.3 Å². The van der Waals surface area contributed by atoms with Crippen LogP contribution in [0.2, 0.25) is 0 Å². The number of nitrogens with one attached hydrogen (secondary N) is 1. The summed E-state index contributed by atoms with van der Waals surface area (Å²) in [6.07, 6.45) is 4.71. The summed E-state index contributed by atoms with van der Waals surface area (Å²) in [5, 5.41) is 2.77. The van der Waals surface area contributed by atoms with Crippen LogP contribution in [-0.4, -0.2) is 23.2 Å². The highest BCUT2D eigenvalue weighted by Crippen LogP contribution is 2.18. The summed E-state index contributed by atoms with van der Waals surface area (Å²) < 4.78 is 0. The Morgan fingerprint density at radius 3 is 2.20 bits per heavy atom. The number of nitrogens with zero attached hydrogens (tertiary/aromatic N) is 1. The minimum Gasteiger partial charge on any atom is -0.342 e. The number of hydrogen-bond donors (Lipinski definition) is 1. The Kier molecular flexibility index (Phi) is 5.32. The van der Waals surface area contributed by atoms with Crippen molar-refractivity contribution in [3.05, 3.63) is 90.3 Å². The molecular weight excluding hydrogens is 312 g/mol. The van der Waals surface area contributed by atoms with Gasteiger partial charge in [0.15, 0.2) is 0 Å². The van der Waals surface area contributed by atoms with E-state index >= 15 is 0 Å². The molecule has 0 saturated heterocycles. The van der Waals surface area contributed by atoms with Crippen molar-refractivity contribution in [1.29, 1.82) is 0 Å². The fraction of sp³-hybridized carbons (Fsp3) is 0.0952. The Bertz CT molecular complexity index is 831. The van der Waals surface area contributed by atoms with Gasteiger partial charge < -0.3 is 10.1 Å². The van der Waals surface area contributed by atoms with Crippen LogP contribution in [0, 0.1) is 0 Å². The van der Waals surface area contributed by atoms with Gasteiger partial charge in [-0.1, -0.05) is 42.5 Å². The third-order valence-corrected chi connectivity index (χ3v) is 3.94. The van der Waals surface area contributed by atoms with Crippen LogP contribution in [0.15, 0.2) is 79.1 Å². The van der Waals surface area contributed by atoms with Gasteiger partial charge in [0.2, 0.25) is 0 Å². The maximum atomic E-state index is 12.4. The number of benzene rings is 2. The number of carbonyl (C=O) groups excluding carboxylic acids is 2. The van der Waals surface area contributed by atoms with Crippen LogP contribution in [0.25, 0.3) is 11.1 Å². The lowest BCUT2D eigenvalue weighted by Gasteiger charge is -2.13. The second-order valence-corrected chi connectivity index (χ2v) is 5.72.